The zero-order valence-corrected chi connectivity index (χ0v) is 20.0. The van der Waals surface area contributed by atoms with E-state index in [9.17, 15) is 4.79 Å². The Kier molecular flexibility index (Phi) is 6.01. The second-order valence-corrected chi connectivity index (χ2v) is 9.67. The fourth-order valence-electron chi connectivity index (χ4n) is 4.22. The minimum atomic E-state index is -0.0440. The number of anilines is 1. The highest BCUT2D eigenvalue weighted by atomic mass is 32.2. The molecule has 0 atom stereocenters. The van der Waals surface area contributed by atoms with Crippen LogP contribution in [0.2, 0.25) is 0 Å². The van der Waals surface area contributed by atoms with E-state index in [-0.39, 0.29) is 11.7 Å². The molecule has 1 aliphatic heterocycles. The quantitative estimate of drug-likeness (QED) is 0.512. The molecule has 0 unspecified atom stereocenters. The van der Waals surface area contributed by atoms with Gasteiger partial charge in [0.2, 0.25) is 5.91 Å². The maximum absolute atomic E-state index is 12.7. The summed E-state index contributed by atoms with van der Waals surface area (Å²) in [6.45, 7) is 7.41. The number of nitrogens with zero attached hydrogens (tertiary/aromatic N) is 3. The second-order valence-electron chi connectivity index (χ2n) is 8.73. The molecule has 1 aromatic heterocycles. The van der Waals surface area contributed by atoms with E-state index in [1.807, 2.05) is 32.0 Å². The van der Waals surface area contributed by atoms with Crippen LogP contribution in [0.25, 0.3) is 11.4 Å². The number of nitrogens with one attached hydrogen (secondary N) is 1. The predicted molar refractivity (Wildman–Crippen MR) is 129 cm³/mol. The smallest absolute Gasteiger partial charge is 0.234 e. The van der Waals surface area contributed by atoms with Gasteiger partial charge in [-0.3, -0.25) is 9.36 Å². The van der Waals surface area contributed by atoms with Crippen LogP contribution in [0.5, 0.6) is 11.5 Å². The number of thioether (sulfide) groups is 1. The van der Waals surface area contributed by atoms with Crippen molar-refractivity contribution in [3.05, 3.63) is 47.0 Å². The van der Waals surface area contributed by atoms with Crippen LogP contribution in [-0.2, 0) is 4.79 Å². The first-order valence-corrected chi connectivity index (χ1v) is 12.3. The number of fused-ring (bicyclic) bond motifs is 1. The van der Waals surface area contributed by atoms with Crippen LogP contribution in [0, 0.1) is 20.8 Å². The summed E-state index contributed by atoms with van der Waals surface area (Å²) in [4.78, 5) is 12.7. The molecule has 2 heterocycles. The van der Waals surface area contributed by atoms with Gasteiger partial charge in [0.15, 0.2) is 22.5 Å². The molecule has 2 aromatic carbocycles. The number of carbonyl (C=O) groups excluding carboxylic acids is 1. The van der Waals surface area contributed by atoms with Crippen molar-refractivity contribution < 1.29 is 14.3 Å². The molecule has 0 bridgehead atoms. The molecule has 33 heavy (non-hydrogen) atoms. The van der Waals surface area contributed by atoms with Crippen molar-refractivity contribution in [1.29, 1.82) is 0 Å². The predicted octanol–water partition coefficient (Wildman–Crippen LogP) is 5.10. The van der Waals surface area contributed by atoms with Gasteiger partial charge in [0, 0.05) is 23.7 Å². The Morgan fingerprint density at radius 2 is 1.79 bits per heavy atom. The van der Waals surface area contributed by atoms with Gasteiger partial charge in [0.05, 0.1) is 19.0 Å². The lowest BCUT2D eigenvalue weighted by molar-refractivity contribution is -0.113. The molecule has 2 aliphatic rings. The van der Waals surface area contributed by atoms with E-state index < -0.39 is 0 Å². The van der Waals surface area contributed by atoms with E-state index in [1.165, 1.54) is 17.3 Å². The van der Waals surface area contributed by atoms with E-state index in [0.29, 0.717) is 19.3 Å². The summed E-state index contributed by atoms with van der Waals surface area (Å²) < 4.78 is 13.8. The summed E-state index contributed by atoms with van der Waals surface area (Å²) in [5, 5.41) is 12.8. The Morgan fingerprint density at radius 3 is 2.52 bits per heavy atom. The molecule has 1 fully saturated rings. The first-order valence-electron chi connectivity index (χ1n) is 11.3. The molecular formula is C25H28N4O3S. The summed E-state index contributed by atoms with van der Waals surface area (Å²) in [6.07, 6.45) is 3.06. The average Bonchev–Trinajstić information content (AvgIpc) is 3.57. The number of amides is 1. The molecule has 0 spiro atoms. The van der Waals surface area contributed by atoms with E-state index in [2.05, 4.69) is 39.1 Å². The van der Waals surface area contributed by atoms with Gasteiger partial charge in [0.25, 0.3) is 0 Å². The Hall–Kier alpha value is -3.00. The van der Waals surface area contributed by atoms with Gasteiger partial charge < -0.3 is 14.8 Å². The topological polar surface area (TPSA) is 78.3 Å². The number of hydrogen-bond donors (Lipinski definition) is 1. The van der Waals surface area contributed by atoms with Crippen LogP contribution in [0.4, 0.5) is 5.69 Å². The van der Waals surface area contributed by atoms with Crippen LogP contribution in [0.3, 0.4) is 0 Å². The molecule has 1 saturated carbocycles. The zero-order valence-electron chi connectivity index (χ0n) is 19.2. The van der Waals surface area contributed by atoms with Gasteiger partial charge >= 0.3 is 0 Å². The lowest BCUT2D eigenvalue weighted by atomic mass is 10.1. The maximum Gasteiger partial charge on any atom is 0.234 e. The summed E-state index contributed by atoms with van der Waals surface area (Å²) in [5.74, 6) is 2.55. The van der Waals surface area contributed by atoms with E-state index in [1.54, 1.807) is 0 Å². The normalized spacial score (nSPS) is 15.2. The van der Waals surface area contributed by atoms with E-state index >= 15 is 0 Å². The van der Waals surface area contributed by atoms with E-state index in [0.717, 1.165) is 64.1 Å². The molecule has 1 amide bonds. The van der Waals surface area contributed by atoms with Gasteiger partial charge in [-0.05, 0) is 62.9 Å². The third kappa shape index (κ3) is 4.71. The van der Waals surface area contributed by atoms with Crippen LogP contribution >= 0.6 is 11.8 Å². The molecule has 0 saturated heterocycles. The summed E-state index contributed by atoms with van der Waals surface area (Å²) in [7, 11) is 0. The van der Waals surface area contributed by atoms with Crippen molar-refractivity contribution in [2.24, 2.45) is 0 Å². The molecule has 0 radical (unpaired) electrons. The molecule has 7 nitrogen and oxygen atoms in total. The third-order valence-electron chi connectivity index (χ3n) is 5.86. The van der Waals surface area contributed by atoms with Crippen molar-refractivity contribution in [3.8, 4) is 22.9 Å². The molecule has 5 rings (SSSR count). The first-order chi connectivity index (χ1) is 16.0. The second kappa shape index (κ2) is 9.09. The van der Waals surface area contributed by atoms with Crippen molar-refractivity contribution in [2.45, 2.75) is 51.2 Å². The third-order valence-corrected chi connectivity index (χ3v) is 6.80. The molecule has 3 aromatic rings. The zero-order chi connectivity index (χ0) is 22.9. The largest absolute Gasteiger partial charge is 0.490 e. The van der Waals surface area contributed by atoms with Crippen LogP contribution in [-0.4, -0.2) is 39.6 Å². The number of rotatable bonds is 6. The van der Waals surface area contributed by atoms with Crippen molar-refractivity contribution >= 4 is 23.4 Å². The minimum absolute atomic E-state index is 0.0440. The van der Waals surface area contributed by atoms with E-state index in [4.69, 9.17) is 9.47 Å². The van der Waals surface area contributed by atoms with Crippen molar-refractivity contribution in [2.75, 3.05) is 24.3 Å². The lowest BCUT2D eigenvalue weighted by Crippen LogP contribution is -2.16. The monoisotopic (exact) mass is 464 g/mol. The number of ether oxygens (including phenoxy) is 2. The average molecular weight is 465 g/mol. The highest BCUT2D eigenvalue weighted by molar-refractivity contribution is 7.99. The van der Waals surface area contributed by atoms with Crippen LogP contribution < -0.4 is 14.8 Å². The first kappa shape index (κ1) is 21.8. The maximum atomic E-state index is 12.7. The number of aromatic nitrogens is 3. The van der Waals surface area contributed by atoms with Crippen molar-refractivity contribution in [3.63, 3.8) is 0 Å². The molecule has 172 valence electrons. The summed E-state index contributed by atoms with van der Waals surface area (Å²) >= 11 is 1.43. The number of hydrogen-bond acceptors (Lipinski definition) is 6. The Morgan fingerprint density at radius 1 is 1.06 bits per heavy atom. The summed E-state index contributed by atoms with van der Waals surface area (Å²) in [5.41, 5.74) is 5.17. The number of carbonyl (C=O) groups is 1. The SMILES string of the molecule is Cc1cc(C)c(NC(=O)CSc2nnc(-c3ccc4c(c3)OCCCO4)n2C2CC2)c(C)c1. The fraction of sp³-hybridized carbons (Fsp3) is 0.400. The highest BCUT2D eigenvalue weighted by Gasteiger charge is 2.31. The van der Waals surface area contributed by atoms with Gasteiger partial charge in [-0.2, -0.15) is 0 Å². The van der Waals surface area contributed by atoms with Crippen molar-refractivity contribution in [1.82, 2.24) is 14.8 Å². The van der Waals surface area contributed by atoms with Gasteiger partial charge in [-0.25, -0.2) is 0 Å². The highest BCUT2D eigenvalue weighted by Crippen LogP contribution is 2.42. The number of benzene rings is 2. The minimum Gasteiger partial charge on any atom is -0.490 e. The molecular weight excluding hydrogens is 436 g/mol. The van der Waals surface area contributed by atoms with Gasteiger partial charge in [-0.1, -0.05) is 29.5 Å². The molecule has 1 aliphatic carbocycles. The Labute approximate surface area is 197 Å². The lowest BCUT2D eigenvalue weighted by Gasteiger charge is -2.13. The molecule has 8 heteroatoms. The molecule has 1 N–H and O–H groups in total. The van der Waals surface area contributed by atoms with Crippen LogP contribution in [0.1, 0.15) is 42.0 Å². The summed E-state index contributed by atoms with van der Waals surface area (Å²) in [6, 6.07) is 10.5. The Balaban J connectivity index is 1.33. The fourth-order valence-corrected chi connectivity index (χ4v) is 5.02. The van der Waals surface area contributed by atoms with Gasteiger partial charge in [0.1, 0.15) is 0 Å². The Bertz CT molecular complexity index is 1180. The standard InChI is InChI=1S/C25H28N4O3S/c1-15-11-16(2)23(17(3)12-15)26-22(30)14-33-25-28-27-24(29(25)19-6-7-19)18-5-8-20-21(13-18)32-10-4-9-31-20/h5,8,11-13,19H,4,6-7,9-10,14H2,1-3H3,(H,26,30). The van der Waals surface area contributed by atoms with Crippen LogP contribution in [0.15, 0.2) is 35.5 Å². The van der Waals surface area contributed by atoms with Gasteiger partial charge in [-0.15, -0.1) is 10.2 Å². The number of aryl methyl sites for hydroxylation is 3.